The van der Waals surface area contributed by atoms with E-state index in [1.54, 1.807) is 0 Å². The summed E-state index contributed by atoms with van der Waals surface area (Å²) in [6, 6.07) is 2.41. The molecule has 0 aliphatic rings. The molecule has 0 radical (unpaired) electrons. The molecular weight excluding hydrogens is 229 g/mol. The van der Waals surface area contributed by atoms with E-state index >= 15 is 0 Å². The number of alkyl halides is 3. The molecule has 1 rings (SSSR count). The Morgan fingerprint density at radius 2 is 2.00 bits per heavy atom. The van der Waals surface area contributed by atoms with Crippen LogP contribution in [0.1, 0.15) is 5.56 Å². The van der Waals surface area contributed by atoms with Crippen molar-refractivity contribution in [1.82, 2.24) is 0 Å². The number of nitrogens with one attached hydrogen (secondary N) is 1. The third-order valence-corrected chi connectivity index (χ3v) is 1.68. The van der Waals surface area contributed by atoms with Crippen LogP contribution in [0.25, 0.3) is 0 Å². The molecule has 0 fully saturated rings. The average molecular weight is 236 g/mol. The Kier molecular flexibility index (Phi) is 3.04. The molecule has 0 amide bonds. The third kappa shape index (κ3) is 2.98. The summed E-state index contributed by atoms with van der Waals surface area (Å²) >= 11 is 4.45. The fourth-order valence-electron chi connectivity index (χ4n) is 0.945. The van der Waals surface area contributed by atoms with Crippen LogP contribution in [-0.2, 0) is 6.18 Å². The summed E-state index contributed by atoms with van der Waals surface area (Å²) in [6.45, 7) is 0. The highest BCUT2D eigenvalue weighted by Crippen LogP contribution is 2.34. The predicted molar refractivity (Wildman–Crippen MR) is 53.5 cm³/mol. The second kappa shape index (κ2) is 3.93. The van der Waals surface area contributed by atoms with E-state index in [9.17, 15) is 18.3 Å². The molecule has 15 heavy (non-hydrogen) atoms. The van der Waals surface area contributed by atoms with Crippen molar-refractivity contribution in [2.45, 2.75) is 6.18 Å². The average Bonchev–Trinajstić information content (AvgIpc) is 2.06. The highest BCUT2D eigenvalue weighted by molar-refractivity contribution is 7.80. The van der Waals surface area contributed by atoms with Crippen LogP contribution in [0.15, 0.2) is 18.2 Å². The molecule has 1 aromatic carbocycles. The molecule has 0 aliphatic heterocycles. The largest absolute Gasteiger partial charge is 0.506 e. The molecule has 1 aromatic rings. The molecule has 82 valence electrons. The van der Waals surface area contributed by atoms with Crippen molar-refractivity contribution in [2.75, 3.05) is 5.32 Å². The van der Waals surface area contributed by atoms with Crippen LogP contribution >= 0.6 is 12.2 Å². The molecule has 0 aliphatic carbocycles. The maximum absolute atomic E-state index is 12.3. The van der Waals surface area contributed by atoms with E-state index in [4.69, 9.17) is 5.73 Å². The van der Waals surface area contributed by atoms with E-state index in [2.05, 4.69) is 17.5 Å². The number of hydrogen-bond donors (Lipinski definition) is 3. The monoisotopic (exact) mass is 236 g/mol. The van der Waals surface area contributed by atoms with Gasteiger partial charge in [0.25, 0.3) is 0 Å². The fraction of sp³-hybridized carbons (Fsp3) is 0.125. The summed E-state index contributed by atoms with van der Waals surface area (Å²) in [5.74, 6) is -0.351. The highest BCUT2D eigenvalue weighted by Gasteiger charge is 2.31. The first-order chi connectivity index (χ1) is 6.80. The number of hydrogen-bond acceptors (Lipinski definition) is 2. The van der Waals surface area contributed by atoms with Crippen LogP contribution in [0.3, 0.4) is 0 Å². The number of anilines is 1. The van der Waals surface area contributed by atoms with Crippen LogP contribution in [0, 0.1) is 0 Å². The van der Waals surface area contributed by atoms with Crippen molar-refractivity contribution >= 4 is 23.0 Å². The summed E-state index contributed by atoms with van der Waals surface area (Å²) in [4.78, 5) is 0. The van der Waals surface area contributed by atoms with Crippen molar-refractivity contribution in [2.24, 2.45) is 5.73 Å². The van der Waals surface area contributed by atoms with Gasteiger partial charge in [-0.15, -0.1) is 0 Å². The maximum atomic E-state index is 12.3. The van der Waals surface area contributed by atoms with Crippen LogP contribution < -0.4 is 11.1 Å². The number of thiocarbonyl (C=S) groups is 1. The Balaban J connectivity index is 3.11. The van der Waals surface area contributed by atoms with Crippen LogP contribution in [0.5, 0.6) is 5.75 Å². The lowest BCUT2D eigenvalue weighted by atomic mass is 10.2. The molecule has 3 nitrogen and oxygen atoms in total. The number of aromatic hydroxyl groups is 1. The smallest absolute Gasteiger partial charge is 0.416 e. The van der Waals surface area contributed by atoms with Gasteiger partial charge in [0.2, 0.25) is 0 Å². The molecule has 4 N–H and O–H groups in total. The third-order valence-electron chi connectivity index (χ3n) is 1.58. The maximum Gasteiger partial charge on any atom is 0.416 e. The van der Waals surface area contributed by atoms with Gasteiger partial charge in [0.05, 0.1) is 11.3 Å². The van der Waals surface area contributed by atoms with Crippen molar-refractivity contribution in [1.29, 1.82) is 0 Å². The Labute approximate surface area is 88.7 Å². The SMILES string of the molecule is NC(=S)Nc1cc(C(F)(F)F)ccc1O. The summed E-state index contributed by atoms with van der Waals surface area (Å²) in [6.07, 6.45) is -4.47. The van der Waals surface area contributed by atoms with Crippen LogP contribution in [0.4, 0.5) is 18.9 Å². The van der Waals surface area contributed by atoms with Gasteiger partial charge in [0.15, 0.2) is 5.11 Å². The standard InChI is InChI=1S/C8H7F3N2OS/c9-8(10,11)4-1-2-6(14)5(3-4)13-7(12)15/h1-3,14H,(H3,12,13,15). The minimum Gasteiger partial charge on any atom is -0.506 e. The number of rotatable bonds is 1. The molecule has 0 bridgehead atoms. The van der Waals surface area contributed by atoms with E-state index in [1.807, 2.05) is 0 Å². The Morgan fingerprint density at radius 3 is 2.47 bits per heavy atom. The van der Waals surface area contributed by atoms with E-state index in [0.717, 1.165) is 18.2 Å². The van der Waals surface area contributed by atoms with Gasteiger partial charge < -0.3 is 16.2 Å². The number of phenolic OH excluding ortho intramolecular Hbond substituents is 1. The molecule has 0 saturated carbocycles. The first-order valence-corrected chi connectivity index (χ1v) is 4.18. The lowest BCUT2D eigenvalue weighted by molar-refractivity contribution is -0.137. The summed E-state index contributed by atoms with van der Waals surface area (Å²) in [7, 11) is 0. The molecule has 0 aromatic heterocycles. The Morgan fingerprint density at radius 1 is 1.40 bits per heavy atom. The van der Waals surface area contributed by atoms with Gasteiger partial charge in [-0.2, -0.15) is 13.2 Å². The normalized spacial score (nSPS) is 11.1. The zero-order valence-electron chi connectivity index (χ0n) is 7.30. The van der Waals surface area contributed by atoms with Gasteiger partial charge in [-0.25, -0.2) is 0 Å². The zero-order chi connectivity index (χ0) is 11.6. The second-order valence-electron chi connectivity index (χ2n) is 2.72. The van der Waals surface area contributed by atoms with Gasteiger partial charge >= 0.3 is 6.18 Å². The minimum atomic E-state index is -4.47. The van der Waals surface area contributed by atoms with Crippen molar-refractivity contribution in [3.8, 4) is 5.75 Å². The van der Waals surface area contributed by atoms with Gasteiger partial charge in [0.1, 0.15) is 5.75 Å². The zero-order valence-corrected chi connectivity index (χ0v) is 8.12. The van der Waals surface area contributed by atoms with E-state index in [1.165, 1.54) is 0 Å². The van der Waals surface area contributed by atoms with Gasteiger partial charge in [-0.05, 0) is 30.4 Å². The first-order valence-electron chi connectivity index (χ1n) is 3.77. The van der Waals surface area contributed by atoms with Crippen molar-refractivity contribution in [3.63, 3.8) is 0 Å². The van der Waals surface area contributed by atoms with E-state index in [-0.39, 0.29) is 16.5 Å². The molecule has 7 heteroatoms. The highest BCUT2D eigenvalue weighted by atomic mass is 32.1. The fourth-order valence-corrected chi connectivity index (χ4v) is 1.06. The molecule has 0 atom stereocenters. The van der Waals surface area contributed by atoms with Crippen LogP contribution in [0.2, 0.25) is 0 Å². The molecular formula is C8H7F3N2OS. The molecule has 0 heterocycles. The lowest BCUT2D eigenvalue weighted by Crippen LogP contribution is -2.19. The van der Waals surface area contributed by atoms with E-state index < -0.39 is 11.7 Å². The van der Waals surface area contributed by atoms with E-state index in [0.29, 0.717) is 0 Å². The Hall–Kier alpha value is -1.50. The van der Waals surface area contributed by atoms with Gasteiger partial charge in [-0.3, -0.25) is 0 Å². The molecule has 0 spiro atoms. The number of phenols is 1. The van der Waals surface area contributed by atoms with Gasteiger partial charge in [0, 0.05) is 0 Å². The predicted octanol–water partition coefficient (Wildman–Crippen LogP) is 2.07. The van der Waals surface area contributed by atoms with Gasteiger partial charge in [-0.1, -0.05) is 0 Å². The first kappa shape index (κ1) is 11.6. The quantitative estimate of drug-likeness (QED) is 0.516. The summed E-state index contributed by atoms with van der Waals surface area (Å²) in [5.41, 5.74) is 4.02. The van der Waals surface area contributed by atoms with Crippen LogP contribution in [-0.4, -0.2) is 10.2 Å². The number of benzene rings is 1. The summed E-state index contributed by atoms with van der Waals surface area (Å²) < 4.78 is 36.8. The topological polar surface area (TPSA) is 58.3 Å². The van der Waals surface area contributed by atoms with Crippen molar-refractivity contribution < 1.29 is 18.3 Å². The minimum absolute atomic E-state index is 0.169. The summed E-state index contributed by atoms with van der Waals surface area (Å²) in [5, 5.41) is 11.2. The van der Waals surface area contributed by atoms with Crippen molar-refractivity contribution in [3.05, 3.63) is 23.8 Å². The lowest BCUT2D eigenvalue weighted by Gasteiger charge is -2.11. The number of nitrogens with two attached hydrogens (primary N) is 1. The second-order valence-corrected chi connectivity index (χ2v) is 3.16. The number of halogens is 3. The molecule has 0 saturated heterocycles. The Bertz CT molecular complexity index is 392. The molecule has 0 unspecified atom stereocenters.